The van der Waals surface area contributed by atoms with E-state index in [1.54, 1.807) is 0 Å². The third kappa shape index (κ3) is 7.84. The van der Waals surface area contributed by atoms with Gasteiger partial charge in [0, 0.05) is 0 Å². The molecule has 0 amide bonds. The smallest absolute Gasteiger partial charge is 0.0645 e. The standard InChI is InChI=1S/C14H30O/c1-4-7-9-10-11-13-14(15,6-3)12-8-5-2/h15H,4-13H2,1-3H3. The molecule has 1 heteroatoms. The minimum atomic E-state index is -0.359. The van der Waals surface area contributed by atoms with Crippen molar-refractivity contribution in [1.82, 2.24) is 0 Å². The highest BCUT2D eigenvalue weighted by Crippen LogP contribution is 2.25. The Labute approximate surface area is 96.3 Å². The van der Waals surface area contributed by atoms with E-state index in [0.717, 1.165) is 19.3 Å². The third-order valence-corrected chi connectivity index (χ3v) is 3.40. The molecule has 1 N–H and O–H groups in total. The first kappa shape index (κ1) is 15.0. The van der Waals surface area contributed by atoms with E-state index < -0.39 is 0 Å². The summed E-state index contributed by atoms with van der Waals surface area (Å²) >= 11 is 0. The molecule has 92 valence electrons. The summed E-state index contributed by atoms with van der Waals surface area (Å²) in [7, 11) is 0. The van der Waals surface area contributed by atoms with Crippen molar-refractivity contribution < 1.29 is 5.11 Å². The highest BCUT2D eigenvalue weighted by Gasteiger charge is 2.22. The van der Waals surface area contributed by atoms with Crippen molar-refractivity contribution >= 4 is 0 Å². The second-order valence-electron chi connectivity index (χ2n) is 4.85. The van der Waals surface area contributed by atoms with Gasteiger partial charge in [0.05, 0.1) is 5.60 Å². The molecule has 0 radical (unpaired) electrons. The fourth-order valence-electron chi connectivity index (χ4n) is 2.04. The maximum absolute atomic E-state index is 10.3. The molecule has 1 atom stereocenters. The Morgan fingerprint density at radius 2 is 1.27 bits per heavy atom. The second kappa shape index (κ2) is 9.21. The lowest BCUT2D eigenvalue weighted by atomic mass is 9.88. The maximum Gasteiger partial charge on any atom is 0.0645 e. The van der Waals surface area contributed by atoms with E-state index in [0.29, 0.717) is 0 Å². The summed E-state index contributed by atoms with van der Waals surface area (Å²) in [4.78, 5) is 0. The van der Waals surface area contributed by atoms with Crippen molar-refractivity contribution in [2.45, 2.75) is 90.6 Å². The average molecular weight is 214 g/mol. The fraction of sp³-hybridized carbons (Fsp3) is 1.00. The van der Waals surface area contributed by atoms with Crippen LogP contribution < -0.4 is 0 Å². The van der Waals surface area contributed by atoms with E-state index in [1.165, 1.54) is 44.9 Å². The molecule has 0 aliphatic rings. The molecule has 0 rings (SSSR count). The van der Waals surface area contributed by atoms with Gasteiger partial charge >= 0.3 is 0 Å². The molecule has 0 heterocycles. The molecular weight excluding hydrogens is 184 g/mol. The summed E-state index contributed by atoms with van der Waals surface area (Å²) in [6, 6.07) is 0. The lowest BCUT2D eigenvalue weighted by Crippen LogP contribution is -2.27. The van der Waals surface area contributed by atoms with Gasteiger partial charge in [-0.15, -0.1) is 0 Å². The Hall–Kier alpha value is -0.0400. The number of rotatable bonds is 10. The van der Waals surface area contributed by atoms with Crippen LogP contribution in [0.1, 0.15) is 85.0 Å². The van der Waals surface area contributed by atoms with Gasteiger partial charge in [0.2, 0.25) is 0 Å². The number of hydrogen-bond acceptors (Lipinski definition) is 1. The minimum absolute atomic E-state index is 0.359. The van der Waals surface area contributed by atoms with Crippen molar-refractivity contribution in [3.05, 3.63) is 0 Å². The van der Waals surface area contributed by atoms with E-state index in [-0.39, 0.29) is 5.60 Å². The molecule has 0 aromatic heterocycles. The molecule has 0 spiro atoms. The fourth-order valence-corrected chi connectivity index (χ4v) is 2.04. The lowest BCUT2D eigenvalue weighted by Gasteiger charge is -2.26. The Balaban J connectivity index is 3.58. The van der Waals surface area contributed by atoms with Crippen LogP contribution in [-0.4, -0.2) is 10.7 Å². The van der Waals surface area contributed by atoms with Gasteiger partial charge in [-0.1, -0.05) is 65.7 Å². The molecule has 0 bridgehead atoms. The van der Waals surface area contributed by atoms with Crippen molar-refractivity contribution in [3.8, 4) is 0 Å². The predicted octanol–water partition coefficient (Wildman–Crippen LogP) is 4.68. The predicted molar refractivity (Wildman–Crippen MR) is 68.1 cm³/mol. The van der Waals surface area contributed by atoms with Gasteiger partial charge in [0.15, 0.2) is 0 Å². The Kier molecular flexibility index (Phi) is 9.18. The summed E-state index contributed by atoms with van der Waals surface area (Å²) < 4.78 is 0. The van der Waals surface area contributed by atoms with E-state index in [2.05, 4.69) is 20.8 Å². The van der Waals surface area contributed by atoms with Gasteiger partial charge < -0.3 is 5.11 Å². The SMILES string of the molecule is CCCCCCCC(O)(CC)CCCC. The molecule has 0 aliphatic heterocycles. The molecule has 0 aromatic rings. The van der Waals surface area contributed by atoms with Gasteiger partial charge in [-0.05, 0) is 19.3 Å². The van der Waals surface area contributed by atoms with Crippen molar-refractivity contribution in [3.63, 3.8) is 0 Å². The molecule has 0 fully saturated rings. The van der Waals surface area contributed by atoms with Gasteiger partial charge in [-0.25, -0.2) is 0 Å². The van der Waals surface area contributed by atoms with Crippen LogP contribution in [0.15, 0.2) is 0 Å². The highest BCUT2D eigenvalue weighted by molar-refractivity contribution is 4.76. The zero-order valence-electron chi connectivity index (χ0n) is 11.0. The lowest BCUT2D eigenvalue weighted by molar-refractivity contribution is 0.0144. The molecule has 0 aromatic carbocycles. The first-order chi connectivity index (χ1) is 7.18. The summed E-state index contributed by atoms with van der Waals surface area (Å²) in [5.74, 6) is 0. The Morgan fingerprint density at radius 1 is 0.733 bits per heavy atom. The van der Waals surface area contributed by atoms with Gasteiger partial charge in [-0.3, -0.25) is 0 Å². The first-order valence-corrected chi connectivity index (χ1v) is 6.91. The van der Waals surface area contributed by atoms with Gasteiger partial charge in [0.1, 0.15) is 0 Å². The summed E-state index contributed by atoms with van der Waals surface area (Å²) in [6.07, 6.45) is 11.8. The largest absolute Gasteiger partial charge is 0.390 e. The van der Waals surface area contributed by atoms with Crippen LogP contribution in [0.4, 0.5) is 0 Å². The van der Waals surface area contributed by atoms with Crippen LogP contribution in [-0.2, 0) is 0 Å². The van der Waals surface area contributed by atoms with Crippen LogP contribution in [0.25, 0.3) is 0 Å². The van der Waals surface area contributed by atoms with Crippen molar-refractivity contribution in [2.24, 2.45) is 0 Å². The van der Waals surface area contributed by atoms with Crippen LogP contribution in [0.2, 0.25) is 0 Å². The van der Waals surface area contributed by atoms with Crippen LogP contribution >= 0.6 is 0 Å². The Morgan fingerprint density at radius 3 is 1.80 bits per heavy atom. The monoisotopic (exact) mass is 214 g/mol. The number of aliphatic hydroxyl groups is 1. The van der Waals surface area contributed by atoms with Crippen LogP contribution in [0, 0.1) is 0 Å². The Bertz CT molecular complexity index is 133. The molecular formula is C14H30O. The topological polar surface area (TPSA) is 20.2 Å². The minimum Gasteiger partial charge on any atom is -0.390 e. The van der Waals surface area contributed by atoms with Crippen molar-refractivity contribution in [1.29, 1.82) is 0 Å². The second-order valence-corrected chi connectivity index (χ2v) is 4.85. The molecule has 1 nitrogen and oxygen atoms in total. The van der Waals surface area contributed by atoms with Gasteiger partial charge in [-0.2, -0.15) is 0 Å². The summed E-state index contributed by atoms with van der Waals surface area (Å²) in [6.45, 7) is 6.54. The first-order valence-electron chi connectivity index (χ1n) is 6.91. The van der Waals surface area contributed by atoms with E-state index in [9.17, 15) is 5.11 Å². The molecule has 1 unspecified atom stereocenters. The zero-order chi connectivity index (χ0) is 11.6. The van der Waals surface area contributed by atoms with Crippen LogP contribution in [0.3, 0.4) is 0 Å². The van der Waals surface area contributed by atoms with Crippen molar-refractivity contribution in [2.75, 3.05) is 0 Å². The summed E-state index contributed by atoms with van der Waals surface area (Å²) in [5.41, 5.74) is -0.359. The van der Waals surface area contributed by atoms with Gasteiger partial charge in [0.25, 0.3) is 0 Å². The van der Waals surface area contributed by atoms with Crippen LogP contribution in [0.5, 0.6) is 0 Å². The zero-order valence-corrected chi connectivity index (χ0v) is 11.0. The molecule has 15 heavy (non-hydrogen) atoms. The number of hydrogen-bond donors (Lipinski definition) is 1. The third-order valence-electron chi connectivity index (χ3n) is 3.40. The summed E-state index contributed by atoms with van der Waals surface area (Å²) in [5, 5.41) is 10.3. The molecule has 0 aliphatic carbocycles. The normalized spacial score (nSPS) is 15.2. The maximum atomic E-state index is 10.3. The molecule has 0 saturated heterocycles. The number of unbranched alkanes of at least 4 members (excludes halogenated alkanes) is 5. The van der Waals surface area contributed by atoms with E-state index in [1.807, 2.05) is 0 Å². The highest BCUT2D eigenvalue weighted by atomic mass is 16.3. The average Bonchev–Trinajstić information content (AvgIpc) is 2.26. The van der Waals surface area contributed by atoms with E-state index >= 15 is 0 Å². The quantitative estimate of drug-likeness (QED) is 0.524. The molecule has 0 saturated carbocycles. The van der Waals surface area contributed by atoms with E-state index in [4.69, 9.17) is 0 Å².